The molecule has 0 radical (unpaired) electrons. The molecule has 4 heteroatoms. The second kappa shape index (κ2) is 10.9. The quantitative estimate of drug-likeness (QED) is 0.574. The third-order valence-corrected chi connectivity index (χ3v) is 1.57. The van der Waals surface area contributed by atoms with Crippen molar-refractivity contribution in [3.8, 4) is 0 Å². The highest BCUT2D eigenvalue weighted by atomic mass is 16.5. The van der Waals surface area contributed by atoms with E-state index in [0.717, 1.165) is 12.5 Å². The Hall–Kier alpha value is -1.58. The first-order valence-electron chi connectivity index (χ1n) is 5.55. The van der Waals surface area contributed by atoms with Gasteiger partial charge in [0.1, 0.15) is 0 Å². The fraction of sp³-hybridized carbons (Fsp3) is 0.538. The van der Waals surface area contributed by atoms with E-state index in [0.29, 0.717) is 24.5 Å². The van der Waals surface area contributed by atoms with Gasteiger partial charge in [-0.15, -0.1) is 0 Å². The van der Waals surface area contributed by atoms with Crippen LogP contribution >= 0.6 is 0 Å². The molecular formula is C13H22O4. The largest absolute Gasteiger partial charge is 0.478 e. The molecule has 0 aromatic heterocycles. The molecule has 0 fully saturated rings. The molecule has 4 nitrogen and oxygen atoms in total. The van der Waals surface area contributed by atoms with E-state index < -0.39 is 5.97 Å². The molecule has 0 atom stereocenters. The minimum atomic E-state index is -0.885. The second-order valence-electron chi connectivity index (χ2n) is 3.88. The van der Waals surface area contributed by atoms with Gasteiger partial charge >= 0.3 is 11.9 Å². The lowest BCUT2D eigenvalue weighted by molar-refractivity contribution is -0.137. The van der Waals surface area contributed by atoms with Crippen molar-refractivity contribution < 1.29 is 19.4 Å². The number of rotatable bonds is 6. The zero-order valence-electron chi connectivity index (χ0n) is 10.9. The van der Waals surface area contributed by atoms with Crippen molar-refractivity contribution in [3.63, 3.8) is 0 Å². The molecular weight excluding hydrogens is 220 g/mol. The van der Waals surface area contributed by atoms with Crippen molar-refractivity contribution in [3.05, 3.63) is 24.8 Å². The molecule has 0 aromatic rings. The molecule has 17 heavy (non-hydrogen) atoms. The molecule has 0 aliphatic carbocycles. The predicted octanol–water partition coefficient (Wildman–Crippen LogP) is 2.80. The van der Waals surface area contributed by atoms with E-state index in [1.807, 2.05) is 20.8 Å². The first-order chi connectivity index (χ1) is 7.84. The van der Waals surface area contributed by atoms with Crippen LogP contribution in [0.3, 0.4) is 0 Å². The maximum Gasteiger partial charge on any atom is 0.330 e. The maximum absolute atomic E-state index is 10.2. The fourth-order valence-electron chi connectivity index (χ4n) is 0.842. The fourth-order valence-corrected chi connectivity index (χ4v) is 0.842. The molecule has 0 spiro atoms. The Morgan fingerprint density at radius 3 is 2.18 bits per heavy atom. The van der Waals surface area contributed by atoms with Gasteiger partial charge in [0, 0.05) is 11.6 Å². The number of esters is 1. The van der Waals surface area contributed by atoms with Crippen LogP contribution in [-0.4, -0.2) is 23.7 Å². The van der Waals surface area contributed by atoms with Gasteiger partial charge in [-0.25, -0.2) is 9.59 Å². The minimum Gasteiger partial charge on any atom is -0.478 e. The van der Waals surface area contributed by atoms with Crippen LogP contribution in [-0.2, 0) is 14.3 Å². The summed E-state index contributed by atoms with van der Waals surface area (Å²) in [5, 5.41) is 8.33. The molecule has 0 amide bonds. The van der Waals surface area contributed by atoms with Gasteiger partial charge in [-0.2, -0.15) is 0 Å². The van der Waals surface area contributed by atoms with Crippen LogP contribution in [0.2, 0.25) is 0 Å². The Morgan fingerprint density at radius 2 is 1.94 bits per heavy atom. The van der Waals surface area contributed by atoms with Crippen LogP contribution in [0.15, 0.2) is 24.8 Å². The highest BCUT2D eigenvalue weighted by Crippen LogP contribution is 2.07. The third kappa shape index (κ3) is 14.4. The van der Waals surface area contributed by atoms with Gasteiger partial charge in [0.15, 0.2) is 0 Å². The number of carboxylic acid groups (broad SMARTS) is 1. The summed E-state index contributed by atoms with van der Waals surface area (Å²) < 4.78 is 4.58. The minimum absolute atomic E-state index is 0.296. The van der Waals surface area contributed by atoms with E-state index in [-0.39, 0.29) is 5.97 Å². The Balaban J connectivity index is 0. The van der Waals surface area contributed by atoms with E-state index in [9.17, 15) is 9.59 Å². The van der Waals surface area contributed by atoms with E-state index in [2.05, 4.69) is 17.9 Å². The van der Waals surface area contributed by atoms with Gasteiger partial charge in [0.2, 0.25) is 0 Å². The molecule has 0 aliphatic heterocycles. The van der Waals surface area contributed by atoms with Crippen molar-refractivity contribution >= 4 is 11.9 Å². The van der Waals surface area contributed by atoms with Crippen molar-refractivity contribution in [1.82, 2.24) is 0 Å². The SMILES string of the molecule is C=C(CC(C)C)C(=O)O.C=CC(=O)OCCC. The Bertz CT molecular complexity index is 267. The summed E-state index contributed by atoms with van der Waals surface area (Å²) in [6.45, 7) is 13.0. The first-order valence-corrected chi connectivity index (χ1v) is 5.55. The lowest BCUT2D eigenvalue weighted by atomic mass is 10.1. The van der Waals surface area contributed by atoms with Gasteiger partial charge < -0.3 is 9.84 Å². The zero-order chi connectivity index (χ0) is 13.8. The van der Waals surface area contributed by atoms with Crippen molar-refractivity contribution in [1.29, 1.82) is 0 Å². The number of carbonyl (C=O) groups excluding carboxylic acids is 1. The summed E-state index contributed by atoms with van der Waals surface area (Å²) in [6.07, 6.45) is 2.60. The molecule has 0 rings (SSSR count). The maximum atomic E-state index is 10.2. The Labute approximate surface area is 103 Å². The summed E-state index contributed by atoms with van der Waals surface area (Å²) in [6, 6.07) is 0. The molecule has 98 valence electrons. The topological polar surface area (TPSA) is 63.6 Å². The van der Waals surface area contributed by atoms with E-state index in [1.54, 1.807) is 0 Å². The molecule has 0 heterocycles. The molecule has 0 unspecified atom stereocenters. The standard InChI is InChI=1S/C7H12O2.C6H10O2/c1-5(2)4-6(3)7(8)9;1-3-5-8-6(7)4-2/h5H,3-4H2,1-2H3,(H,8,9);4H,2-3,5H2,1H3. The lowest BCUT2D eigenvalue weighted by Crippen LogP contribution is -2.01. The van der Waals surface area contributed by atoms with Gasteiger partial charge in [-0.3, -0.25) is 0 Å². The lowest BCUT2D eigenvalue weighted by Gasteiger charge is -2.01. The molecule has 1 N–H and O–H groups in total. The zero-order valence-corrected chi connectivity index (χ0v) is 10.9. The van der Waals surface area contributed by atoms with Crippen molar-refractivity contribution in [2.75, 3.05) is 6.61 Å². The van der Waals surface area contributed by atoms with Gasteiger partial charge in [-0.05, 0) is 18.8 Å². The Kier molecular flexibility index (Phi) is 11.4. The first kappa shape index (κ1) is 17.8. The summed E-state index contributed by atoms with van der Waals surface area (Å²) in [4.78, 5) is 20.4. The van der Waals surface area contributed by atoms with Crippen LogP contribution < -0.4 is 0 Å². The molecule has 0 bridgehead atoms. The van der Waals surface area contributed by atoms with E-state index >= 15 is 0 Å². The highest BCUT2D eigenvalue weighted by molar-refractivity contribution is 5.85. The number of carboxylic acids is 1. The smallest absolute Gasteiger partial charge is 0.330 e. The summed E-state index contributed by atoms with van der Waals surface area (Å²) in [7, 11) is 0. The molecule has 0 aliphatic rings. The van der Waals surface area contributed by atoms with Crippen molar-refractivity contribution in [2.45, 2.75) is 33.6 Å². The number of hydrogen-bond acceptors (Lipinski definition) is 3. The Morgan fingerprint density at radius 1 is 1.41 bits per heavy atom. The number of aliphatic carboxylic acids is 1. The molecule has 0 saturated heterocycles. The number of ether oxygens (including phenoxy) is 1. The number of hydrogen-bond donors (Lipinski definition) is 1. The van der Waals surface area contributed by atoms with E-state index in [4.69, 9.17) is 5.11 Å². The molecule has 0 aromatic carbocycles. The second-order valence-corrected chi connectivity index (χ2v) is 3.88. The van der Waals surface area contributed by atoms with E-state index in [1.165, 1.54) is 0 Å². The average Bonchev–Trinajstić information content (AvgIpc) is 2.25. The molecule has 0 saturated carbocycles. The summed E-state index contributed by atoms with van der Waals surface area (Å²) in [5.41, 5.74) is 0.296. The van der Waals surface area contributed by atoms with Crippen molar-refractivity contribution in [2.24, 2.45) is 5.92 Å². The van der Waals surface area contributed by atoms with Crippen LogP contribution in [0.1, 0.15) is 33.6 Å². The highest BCUT2D eigenvalue weighted by Gasteiger charge is 2.04. The normalized spacial score (nSPS) is 8.94. The monoisotopic (exact) mass is 242 g/mol. The summed E-state index contributed by atoms with van der Waals surface area (Å²) >= 11 is 0. The van der Waals surface area contributed by atoms with Crippen LogP contribution in [0, 0.1) is 5.92 Å². The van der Waals surface area contributed by atoms with Crippen LogP contribution in [0.25, 0.3) is 0 Å². The summed E-state index contributed by atoms with van der Waals surface area (Å²) in [5.74, 6) is -0.843. The van der Waals surface area contributed by atoms with Gasteiger partial charge in [0.05, 0.1) is 6.61 Å². The van der Waals surface area contributed by atoms with Gasteiger partial charge in [-0.1, -0.05) is 33.9 Å². The third-order valence-electron chi connectivity index (χ3n) is 1.57. The average molecular weight is 242 g/mol. The predicted molar refractivity (Wildman–Crippen MR) is 67.7 cm³/mol. The van der Waals surface area contributed by atoms with Crippen LogP contribution in [0.5, 0.6) is 0 Å². The van der Waals surface area contributed by atoms with Crippen LogP contribution in [0.4, 0.5) is 0 Å². The number of carbonyl (C=O) groups is 2. The van der Waals surface area contributed by atoms with Gasteiger partial charge in [0.25, 0.3) is 0 Å².